The highest BCUT2D eigenvalue weighted by molar-refractivity contribution is 8.76. The highest BCUT2D eigenvalue weighted by atomic mass is 33.1. The molecule has 1 aliphatic rings. The van der Waals surface area contributed by atoms with Crippen molar-refractivity contribution in [2.24, 2.45) is 0 Å². The van der Waals surface area contributed by atoms with E-state index in [-0.39, 0.29) is 18.2 Å². The van der Waals surface area contributed by atoms with Gasteiger partial charge >= 0.3 is 5.97 Å². The number of esters is 1. The molecule has 4 N–H and O–H groups in total. The van der Waals surface area contributed by atoms with Gasteiger partial charge in [-0.15, -0.1) is 0 Å². The average Bonchev–Trinajstić information content (AvgIpc) is 3.71. The molecule has 4 unspecified atom stereocenters. The number of carbonyl (C=O) groups is 1. The second kappa shape index (κ2) is 69.6. The van der Waals surface area contributed by atoms with Crippen molar-refractivity contribution >= 4 is 27.6 Å². The monoisotopic (exact) mass is 1310 g/mol. The molecule has 0 aromatic heterocycles. The first-order chi connectivity index (χ1) is 44.7. The number of unbranched alkanes of at least 4 members (excludes halogenated alkanes) is 26. The Bertz CT molecular complexity index is 1620. The van der Waals surface area contributed by atoms with Crippen molar-refractivity contribution in [2.75, 3.05) is 96.6 Å². The maximum absolute atomic E-state index is 13.0. The van der Waals surface area contributed by atoms with E-state index in [1.807, 2.05) is 21.6 Å². The highest BCUT2D eigenvalue weighted by Crippen LogP contribution is 2.23. The Labute approximate surface area is 571 Å². The second-order valence-electron chi connectivity index (χ2n) is 26.7. The van der Waals surface area contributed by atoms with Crippen LogP contribution in [0.2, 0.25) is 0 Å². The SMILES string of the molecule is CC/C=C\C/C=C\C/C=C\CCCCCCC(O)CN(CCCC(=O)OCCN1CCN(CCSSCCCN(CC(O)CCCCCCCCCCCC)CC(O)CCCCCCCCCCCC)CC1)CC(O)CCCCCC/C=C\C/C=C\C/C=C\CC. The molecule has 1 saturated heterocycles. The van der Waals surface area contributed by atoms with E-state index in [1.165, 1.54) is 141 Å². The third kappa shape index (κ3) is 62.8. The molecule has 0 radical (unpaired) electrons. The molecular weight excluding hydrogens is 1170 g/mol. The van der Waals surface area contributed by atoms with Crippen LogP contribution in [0.5, 0.6) is 0 Å². The predicted octanol–water partition coefficient (Wildman–Crippen LogP) is 19.8. The first-order valence-electron chi connectivity index (χ1n) is 38.6. The molecular formula is C79H148N4O6S2. The number of ether oxygens (including phenoxy) is 1. The van der Waals surface area contributed by atoms with Gasteiger partial charge in [0.2, 0.25) is 0 Å². The lowest BCUT2D eigenvalue weighted by molar-refractivity contribution is -0.144. The van der Waals surface area contributed by atoms with Gasteiger partial charge in [0.05, 0.1) is 24.4 Å². The van der Waals surface area contributed by atoms with Gasteiger partial charge in [-0.2, -0.15) is 0 Å². The minimum absolute atomic E-state index is 0.159. The number of rotatable bonds is 69. The van der Waals surface area contributed by atoms with Gasteiger partial charge in [0, 0.05) is 83.4 Å². The van der Waals surface area contributed by atoms with Gasteiger partial charge in [0.25, 0.3) is 0 Å². The molecule has 91 heavy (non-hydrogen) atoms. The first-order valence-corrected chi connectivity index (χ1v) is 41.1. The van der Waals surface area contributed by atoms with Crippen LogP contribution in [0.4, 0.5) is 0 Å². The number of piperazine rings is 1. The van der Waals surface area contributed by atoms with Crippen LogP contribution in [0, 0.1) is 0 Å². The van der Waals surface area contributed by atoms with Crippen molar-refractivity contribution in [3.63, 3.8) is 0 Å². The van der Waals surface area contributed by atoms with Gasteiger partial charge < -0.3 is 25.2 Å². The molecule has 0 amide bonds. The fourth-order valence-corrected chi connectivity index (χ4v) is 14.2. The summed E-state index contributed by atoms with van der Waals surface area (Å²) in [6.07, 6.45) is 74.2. The molecule has 0 bridgehead atoms. The quantitative estimate of drug-likeness (QED) is 0.0201. The van der Waals surface area contributed by atoms with Gasteiger partial charge in [0.1, 0.15) is 6.61 Å². The topological polar surface area (TPSA) is 120 Å². The summed E-state index contributed by atoms with van der Waals surface area (Å²) in [6, 6.07) is 0. The van der Waals surface area contributed by atoms with E-state index in [0.717, 1.165) is 179 Å². The van der Waals surface area contributed by atoms with Gasteiger partial charge in [-0.05, 0) is 116 Å². The van der Waals surface area contributed by atoms with E-state index in [0.29, 0.717) is 52.2 Å². The summed E-state index contributed by atoms with van der Waals surface area (Å²) in [7, 11) is 3.94. The maximum Gasteiger partial charge on any atom is 0.305 e. The number of nitrogens with zero attached hydrogens (tertiary/aromatic N) is 4. The van der Waals surface area contributed by atoms with Crippen LogP contribution in [0.15, 0.2) is 72.9 Å². The Hall–Kier alpha value is -1.71. The number of aliphatic hydroxyl groups excluding tert-OH is 4. The van der Waals surface area contributed by atoms with Crippen LogP contribution in [0.25, 0.3) is 0 Å². The van der Waals surface area contributed by atoms with E-state index in [9.17, 15) is 25.2 Å². The van der Waals surface area contributed by atoms with Gasteiger partial charge in [-0.25, -0.2) is 0 Å². The fraction of sp³-hybridized carbons (Fsp3) is 0.835. The lowest BCUT2D eigenvalue weighted by atomic mass is 10.0. The maximum atomic E-state index is 13.0. The number of hydrogen-bond acceptors (Lipinski definition) is 12. The normalized spacial score (nSPS) is 15.3. The van der Waals surface area contributed by atoms with Crippen molar-refractivity contribution in [1.29, 1.82) is 0 Å². The molecule has 1 fully saturated rings. The zero-order chi connectivity index (χ0) is 65.8. The minimum atomic E-state index is -0.448. The van der Waals surface area contributed by atoms with Crippen molar-refractivity contribution in [3.05, 3.63) is 72.9 Å². The van der Waals surface area contributed by atoms with Crippen LogP contribution in [-0.4, -0.2) is 167 Å². The molecule has 532 valence electrons. The third-order valence-electron chi connectivity index (χ3n) is 17.8. The lowest BCUT2D eigenvalue weighted by Gasteiger charge is -2.34. The van der Waals surface area contributed by atoms with Gasteiger partial charge in [0.15, 0.2) is 0 Å². The van der Waals surface area contributed by atoms with Crippen molar-refractivity contribution in [3.8, 4) is 0 Å². The van der Waals surface area contributed by atoms with E-state index in [4.69, 9.17) is 4.74 Å². The second-order valence-corrected chi connectivity index (χ2v) is 29.4. The summed E-state index contributed by atoms with van der Waals surface area (Å²) in [6.45, 7) is 19.2. The third-order valence-corrected chi connectivity index (χ3v) is 20.3. The predicted molar refractivity (Wildman–Crippen MR) is 402 cm³/mol. The Kier molecular flexibility index (Phi) is 66.8. The molecule has 1 rings (SSSR count). The summed E-state index contributed by atoms with van der Waals surface area (Å²) in [5.74, 6) is 2.02. The summed E-state index contributed by atoms with van der Waals surface area (Å²) in [4.78, 5) is 22.5. The van der Waals surface area contributed by atoms with E-state index in [2.05, 4.69) is 120 Å². The lowest BCUT2D eigenvalue weighted by Crippen LogP contribution is -2.47. The minimum Gasteiger partial charge on any atom is -0.464 e. The van der Waals surface area contributed by atoms with Crippen molar-refractivity contribution in [1.82, 2.24) is 19.6 Å². The summed E-state index contributed by atoms with van der Waals surface area (Å²) in [5, 5.41) is 44.6. The molecule has 0 aromatic rings. The molecule has 10 nitrogen and oxygen atoms in total. The molecule has 4 atom stereocenters. The first kappa shape index (κ1) is 87.3. The average molecular weight is 1310 g/mol. The fourth-order valence-electron chi connectivity index (χ4n) is 12.1. The van der Waals surface area contributed by atoms with Gasteiger partial charge in [-0.1, -0.05) is 289 Å². The summed E-state index contributed by atoms with van der Waals surface area (Å²) >= 11 is 0. The summed E-state index contributed by atoms with van der Waals surface area (Å²) < 4.78 is 5.77. The van der Waals surface area contributed by atoms with Crippen LogP contribution in [0.3, 0.4) is 0 Å². The Morgan fingerprint density at radius 3 is 1.09 bits per heavy atom. The van der Waals surface area contributed by atoms with Crippen LogP contribution >= 0.6 is 21.6 Å². The Morgan fingerprint density at radius 1 is 0.385 bits per heavy atom. The van der Waals surface area contributed by atoms with E-state index >= 15 is 0 Å². The van der Waals surface area contributed by atoms with Crippen LogP contribution in [-0.2, 0) is 9.53 Å². The standard InChI is InChI=1S/C79H148N4O6S2/c1-5-9-13-17-21-25-29-31-33-35-39-43-47-49-55-75(84)71-82(72-76(85)56-50-48-44-40-36-34-32-30-26-22-18-14-10-6-2)60-53-59-79(88)89-68-66-80-62-64-81(65-63-80)67-70-91-90-69-54-61-83(73-77(86)57-51-45-41-37-27-23-19-15-11-7-3)74-78(87)58-52-46-42-38-28-24-20-16-12-8-4/h9-10,13-14,21-22,25-26,31-34,75-78,84-87H,5-8,11-12,15-20,23-24,27-30,35-74H2,1-4H3/b13-9-,14-10-,25-21-,26-22-,33-31-,34-32-. The molecule has 1 heterocycles. The molecule has 0 aliphatic carbocycles. The van der Waals surface area contributed by atoms with Gasteiger partial charge in [-0.3, -0.25) is 24.4 Å². The number of aliphatic hydroxyl groups is 4. The van der Waals surface area contributed by atoms with Crippen LogP contribution in [0.1, 0.15) is 304 Å². The molecule has 1 aliphatic heterocycles. The molecule has 0 aromatic carbocycles. The smallest absolute Gasteiger partial charge is 0.305 e. The summed E-state index contributed by atoms with van der Waals surface area (Å²) in [5.41, 5.74) is 0. The Balaban J connectivity index is 2.46. The van der Waals surface area contributed by atoms with Crippen LogP contribution < -0.4 is 0 Å². The zero-order valence-electron chi connectivity index (χ0n) is 60.0. The Morgan fingerprint density at radius 2 is 0.703 bits per heavy atom. The van der Waals surface area contributed by atoms with Crippen molar-refractivity contribution in [2.45, 2.75) is 328 Å². The molecule has 0 spiro atoms. The molecule has 0 saturated carbocycles. The van der Waals surface area contributed by atoms with E-state index in [1.54, 1.807) is 0 Å². The van der Waals surface area contributed by atoms with E-state index < -0.39 is 12.2 Å². The largest absolute Gasteiger partial charge is 0.464 e. The number of allylic oxidation sites excluding steroid dienone is 12. The zero-order valence-corrected chi connectivity index (χ0v) is 61.6. The number of carbonyl (C=O) groups excluding carboxylic acids is 1. The highest BCUT2D eigenvalue weighted by Gasteiger charge is 2.20. The molecule has 12 heteroatoms. The number of hydrogen-bond donors (Lipinski definition) is 4. The van der Waals surface area contributed by atoms with Crippen molar-refractivity contribution < 1.29 is 30.0 Å².